The van der Waals surface area contributed by atoms with Crippen LogP contribution in [0.15, 0.2) is 46.9 Å². The zero-order valence-electron chi connectivity index (χ0n) is 15.4. The van der Waals surface area contributed by atoms with Crippen molar-refractivity contribution in [1.82, 2.24) is 10.2 Å². The lowest BCUT2D eigenvalue weighted by atomic mass is 10.1. The molecule has 144 valence electrons. The lowest BCUT2D eigenvalue weighted by Gasteiger charge is -2.10. The molecule has 0 amide bonds. The topological polar surface area (TPSA) is 118 Å². The van der Waals surface area contributed by atoms with Gasteiger partial charge in [-0.25, -0.2) is 4.79 Å². The van der Waals surface area contributed by atoms with Gasteiger partial charge in [-0.2, -0.15) is 0 Å². The van der Waals surface area contributed by atoms with E-state index in [1.54, 1.807) is 6.92 Å². The van der Waals surface area contributed by atoms with E-state index in [0.29, 0.717) is 5.89 Å². The second kappa shape index (κ2) is 7.87. The van der Waals surface area contributed by atoms with Crippen molar-refractivity contribution < 1.29 is 23.6 Å². The van der Waals surface area contributed by atoms with Gasteiger partial charge in [0, 0.05) is 11.6 Å². The van der Waals surface area contributed by atoms with Crippen LogP contribution < -0.4 is 4.74 Å². The molecule has 28 heavy (non-hydrogen) atoms. The third-order valence-electron chi connectivity index (χ3n) is 3.98. The molecule has 0 aliphatic carbocycles. The molecule has 9 nitrogen and oxygen atoms in total. The minimum atomic E-state index is -0.833. The molecule has 1 heterocycles. The number of nitro groups is 1. The van der Waals surface area contributed by atoms with Crippen LogP contribution in [0.25, 0.3) is 11.5 Å². The molecule has 9 heteroatoms. The van der Waals surface area contributed by atoms with E-state index in [0.717, 1.165) is 17.2 Å². The van der Waals surface area contributed by atoms with Gasteiger partial charge < -0.3 is 13.9 Å². The van der Waals surface area contributed by atoms with Crippen LogP contribution in [0.1, 0.15) is 34.8 Å². The van der Waals surface area contributed by atoms with Crippen LogP contribution in [-0.4, -0.2) is 28.2 Å². The Labute approximate surface area is 160 Å². The minimum absolute atomic E-state index is 0.0117. The largest absolute Gasteiger partial charge is 0.490 e. The lowest BCUT2D eigenvalue weighted by molar-refractivity contribution is -0.385. The summed E-state index contributed by atoms with van der Waals surface area (Å²) < 4.78 is 15.8. The van der Waals surface area contributed by atoms with Gasteiger partial charge in [-0.05, 0) is 38.1 Å². The number of nitro benzene ring substituents is 1. The molecule has 0 fully saturated rings. The molecule has 0 spiro atoms. The first-order chi connectivity index (χ1) is 13.4. The predicted molar refractivity (Wildman–Crippen MR) is 97.9 cm³/mol. The standard InChI is InChI=1S/C19H17N3O6/c1-11-4-6-13(7-5-11)18-21-20-17(28-18)12(2)27-19(23)14-8-9-16(26-3)15(10-14)22(24)25/h4-10,12H,1-3H3/t12-/m0/s1. The zero-order chi connectivity index (χ0) is 20.3. The fraction of sp³-hybridized carbons (Fsp3) is 0.211. The van der Waals surface area contributed by atoms with Crippen LogP contribution >= 0.6 is 0 Å². The Morgan fingerprint density at radius 1 is 1.18 bits per heavy atom. The summed E-state index contributed by atoms with van der Waals surface area (Å²) in [5, 5.41) is 19.0. The number of nitrogens with zero attached hydrogens (tertiary/aromatic N) is 3. The SMILES string of the molecule is COc1ccc(C(=O)O[C@@H](C)c2nnc(-c3ccc(C)cc3)o2)cc1[N+](=O)[O-]. The summed E-state index contributed by atoms with van der Waals surface area (Å²) in [6, 6.07) is 11.3. The molecule has 0 aliphatic rings. The minimum Gasteiger partial charge on any atom is -0.490 e. The number of esters is 1. The van der Waals surface area contributed by atoms with Gasteiger partial charge in [0.25, 0.3) is 5.89 Å². The summed E-state index contributed by atoms with van der Waals surface area (Å²) in [6.07, 6.45) is -0.833. The summed E-state index contributed by atoms with van der Waals surface area (Å²) in [7, 11) is 1.31. The van der Waals surface area contributed by atoms with Crippen molar-refractivity contribution in [3.8, 4) is 17.2 Å². The molecule has 2 aromatic carbocycles. The number of benzene rings is 2. The highest BCUT2D eigenvalue weighted by Gasteiger charge is 2.23. The van der Waals surface area contributed by atoms with Crippen molar-refractivity contribution >= 4 is 11.7 Å². The lowest BCUT2D eigenvalue weighted by Crippen LogP contribution is -2.10. The summed E-state index contributed by atoms with van der Waals surface area (Å²) in [4.78, 5) is 22.8. The normalized spacial score (nSPS) is 11.7. The van der Waals surface area contributed by atoms with Gasteiger partial charge in [0.15, 0.2) is 11.9 Å². The molecule has 0 N–H and O–H groups in total. The molecule has 0 saturated heterocycles. The molecular formula is C19H17N3O6. The maximum atomic E-state index is 12.3. The van der Waals surface area contributed by atoms with Gasteiger partial charge in [0.1, 0.15) is 0 Å². The average Bonchev–Trinajstić information content (AvgIpc) is 3.18. The number of aryl methyl sites for hydroxylation is 1. The first-order valence-electron chi connectivity index (χ1n) is 8.33. The van der Waals surface area contributed by atoms with E-state index in [4.69, 9.17) is 13.9 Å². The van der Waals surface area contributed by atoms with Crippen LogP contribution in [-0.2, 0) is 4.74 Å². The summed E-state index contributed by atoms with van der Waals surface area (Å²) in [5.41, 5.74) is 1.52. The van der Waals surface area contributed by atoms with Gasteiger partial charge in [-0.3, -0.25) is 10.1 Å². The molecule has 3 rings (SSSR count). The van der Waals surface area contributed by atoms with Crippen molar-refractivity contribution in [1.29, 1.82) is 0 Å². The van der Waals surface area contributed by atoms with E-state index in [2.05, 4.69) is 10.2 Å². The smallest absolute Gasteiger partial charge is 0.339 e. The number of methoxy groups -OCH3 is 1. The number of carbonyl (C=O) groups excluding carboxylic acids is 1. The predicted octanol–water partition coefficient (Wildman–Crippen LogP) is 3.88. The van der Waals surface area contributed by atoms with Crippen LogP contribution in [0.5, 0.6) is 5.75 Å². The molecular weight excluding hydrogens is 366 g/mol. The molecule has 0 bridgehead atoms. The molecule has 1 atom stereocenters. The monoisotopic (exact) mass is 383 g/mol. The number of carbonyl (C=O) groups is 1. The fourth-order valence-corrected chi connectivity index (χ4v) is 2.45. The zero-order valence-corrected chi connectivity index (χ0v) is 15.4. The maximum Gasteiger partial charge on any atom is 0.339 e. The van der Waals surface area contributed by atoms with Crippen LogP contribution in [0.4, 0.5) is 5.69 Å². The first-order valence-corrected chi connectivity index (χ1v) is 8.33. The summed E-state index contributed by atoms with van der Waals surface area (Å²) in [5.74, 6) is -0.285. The first kappa shape index (κ1) is 19.0. The Bertz CT molecular complexity index is 1010. The fourth-order valence-electron chi connectivity index (χ4n) is 2.45. The van der Waals surface area contributed by atoms with E-state index in [-0.39, 0.29) is 22.9 Å². The highest BCUT2D eigenvalue weighted by atomic mass is 16.6. The Morgan fingerprint density at radius 2 is 1.89 bits per heavy atom. The Kier molecular flexibility index (Phi) is 5.35. The van der Waals surface area contributed by atoms with Crippen LogP contribution in [0, 0.1) is 17.0 Å². The average molecular weight is 383 g/mol. The van der Waals surface area contributed by atoms with Crippen molar-refractivity contribution in [2.24, 2.45) is 0 Å². The Balaban J connectivity index is 1.75. The number of aromatic nitrogens is 2. The van der Waals surface area contributed by atoms with Gasteiger partial charge in [-0.15, -0.1) is 10.2 Å². The summed E-state index contributed by atoms with van der Waals surface area (Å²) >= 11 is 0. The molecule has 0 unspecified atom stereocenters. The molecule has 0 aliphatic heterocycles. The van der Waals surface area contributed by atoms with Gasteiger partial charge in [-0.1, -0.05) is 17.7 Å². The number of ether oxygens (including phenoxy) is 2. The molecule has 3 aromatic rings. The molecule has 0 radical (unpaired) electrons. The summed E-state index contributed by atoms with van der Waals surface area (Å²) in [6.45, 7) is 3.54. The van der Waals surface area contributed by atoms with Crippen molar-refractivity contribution in [2.75, 3.05) is 7.11 Å². The van der Waals surface area contributed by atoms with Crippen molar-refractivity contribution in [2.45, 2.75) is 20.0 Å². The van der Waals surface area contributed by atoms with Crippen molar-refractivity contribution in [3.63, 3.8) is 0 Å². The maximum absolute atomic E-state index is 12.3. The van der Waals surface area contributed by atoms with Crippen LogP contribution in [0.3, 0.4) is 0 Å². The van der Waals surface area contributed by atoms with Gasteiger partial charge >= 0.3 is 11.7 Å². The third kappa shape index (κ3) is 3.98. The second-order valence-corrected chi connectivity index (χ2v) is 6.00. The van der Waals surface area contributed by atoms with E-state index >= 15 is 0 Å². The third-order valence-corrected chi connectivity index (χ3v) is 3.98. The van der Waals surface area contributed by atoms with E-state index in [1.165, 1.54) is 19.2 Å². The Morgan fingerprint density at radius 3 is 2.54 bits per heavy atom. The number of rotatable bonds is 6. The number of hydrogen-bond donors (Lipinski definition) is 0. The van der Waals surface area contributed by atoms with E-state index < -0.39 is 17.0 Å². The van der Waals surface area contributed by atoms with E-state index in [1.807, 2.05) is 31.2 Å². The highest BCUT2D eigenvalue weighted by Crippen LogP contribution is 2.29. The van der Waals surface area contributed by atoms with Crippen LogP contribution in [0.2, 0.25) is 0 Å². The number of hydrogen-bond acceptors (Lipinski definition) is 8. The molecule has 1 aromatic heterocycles. The molecule has 0 saturated carbocycles. The Hall–Kier alpha value is -3.75. The second-order valence-electron chi connectivity index (χ2n) is 6.00. The van der Waals surface area contributed by atoms with Crippen molar-refractivity contribution in [3.05, 3.63) is 69.6 Å². The quantitative estimate of drug-likeness (QED) is 0.357. The van der Waals surface area contributed by atoms with Gasteiger partial charge in [0.05, 0.1) is 17.6 Å². The highest BCUT2D eigenvalue weighted by molar-refractivity contribution is 5.90. The van der Waals surface area contributed by atoms with Gasteiger partial charge in [0.2, 0.25) is 5.89 Å². The van der Waals surface area contributed by atoms with E-state index in [9.17, 15) is 14.9 Å².